The molecule has 0 radical (unpaired) electrons. The summed E-state index contributed by atoms with van der Waals surface area (Å²) in [6.07, 6.45) is 4.93. The zero-order chi connectivity index (χ0) is 21.6. The molecule has 6 nitrogen and oxygen atoms in total. The number of nitrogens with zero attached hydrogens (tertiary/aromatic N) is 3. The Morgan fingerprint density at radius 3 is 2.55 bits per heavy atom. The highest BCUT2D eigenvalue weighted by Crippen LogP contribution is 2.21. The van der Waals surface area contributed by atoms with Crippen LogP contribution in [0.1, 0.15) is 38.7 Å². The molecule has 0 unspecified atom stereocenters. The molecule has 4 rings (SSSR count). The number of ether oxygens (including phenoxy) is 2. The maximum absolute atomic E-state index is 12.8. The third-order valence-corrected chi connectivity index (χ3v) is 5.65. The van der Waals surface area contributed by atoms with Crippen molar-refractivity contribution in [3.8, 4) is 22.9 Å². The summed E-state index contributed by atoms with van der Waals surface area (Å²) < 4.78 is 13.3. The molecule has 0 atom stereocenters. The standard InChI is InChI=1S/C24H25N3O3S/c1-3-5-14-30-19-11-9-18(10-12-19)22-25-24-27(26-22)23(28)21(31-24)16-17-7-6-8-20(15-17)29-13-4-2/h6-12,15-16H,3-5,13-14H2,1-2H3/b21-16-. The van der Waals surface area contributed by atoms with Gasteiger partial charge in [-0.05, 0) is 60.9 Å². The Morgan fingerprint density at radius 1 is 1.00 bits per heavy atom. The molecule has 0 saturated heterocycles. The van der Waals surface area contributed by atoms with Crippen LogP contribution in [0.25, 0.3) is 22.4 Å². The van der Waals surface area contributed by atoms with Crippen LogP contribution in [0.4, 0.5) is 0 Å². The van der Waals surface area contributed by atoms with Gasteiger partial charge in [-0.1, -0.05) is 43.7 Å². The summed E-state index contributed by atoms with van der Waals surface area (Å²) in [5, 5.41) is 4.43. The van der Waals surface area contributed by atoms with E-state index in [-0.39, 0.29) is 5.56 Å². The fraction of sp³-hybridized carbons (Fsp3) is 0.292. The van der Waals surface area contributed by atoms with Crippen molar-refractivity contribution in [2.24, 2.45) is 0 Å². The zero-order valence-electron chi connectivity index (χ0n) is 17.7. The van der Waals surface area contributed by atoms with Gasteiger partial charge < -0.3 is 9.47 Å². The Balaban J connectivity index is 1.57. The van der Waals surface area contributed by atoms with Crippen LogP contribution < -0.4 is 19.6 Å². The molecule has 2 aromatic heterocycles. The van der Waals surface area contributed by atoms with Crippen molar-refractivity contribution in [2.75, 3.05) is 13.2 Å². The van der Waals surface area contributed by atoms with Crippen LogP contribution >= 0.6 is 11.3 Å². The Kier molecular flexibility index (Phi) is 6.62. The molecular weight excluding hydrogens is 410 g/mol. The highest BCUT2D eigenvalue weighted by Gasteiger charge is 2.12. The van der Waals surface area contributed by atoms with E-state index < -0.39 is 0 Å². The molecule has 0 spiro atoms. The SMILES string of the molecule is CCCCOc1ccc(-c2nc3s/c(=C\c4cccc(OCCC)c4)c(=O)n3n2)cc1. The first-order valence-electron chi connectivity index (χ1n) is 10.6. The molecule has 0 aliphatic heterocycles. The van der Waals surface area contributed by atoms with E-state index in [0.717, 1.165) is 41.9 Å². The second-order valence-electron chi connectivity index (χ2n) is 7.19. The smallest absolute Gasteiger partial charge is 0.291 e. The number of fused-ring (bicyclic) bond motifs is 1. The third-order valence-electron chi connectivity index (χ3n) is 4.69. The summed E-state index contributed by atoms with van der Waals surface area (Å²) in [4.78, 5) is 18.0. The largest absolute Gasteiger partial charge is 0.494 e. The molecule has 4 aromatic rings. The molecule has 0 aliphatic rings. The van der Waals surface area contributed by atoms with Crippen LogP contribution in [0, 0.1) is 0 Å². The van der Waals surface area contributed by atoms with Crippen molar-refractivity contribution < 1.29 is 9.47 Å². The topological polar surface area (TPSA) is 65.7 Å². The van der Waals surface area contributed by atoms with Crippen LogP contribution in [-0.2, 0) is 0 Å². The molecule has 0 aliphatic carbocycles. The van der Waals surface area contributed by atoms with E-state index in [4.69, 9.17) is 9.47 Å². The van der Waals surface area contributed by atoms with Gasteiger partial charge in [0.2, 0.25) is 4.96 Å². The predicted octanol–water partition coefficient (Wildman–Crippen LogP) is 4.33. The monoisotopic (exact) mass is 435 g/mol. The maximum Gasteiger partial charge on any atom is 0.291 e. The van der Waals surface area contributed by atoms with Crippen LogP contribution in [0.5, 0.6) is 11.5 Å². The highest BCUT2D eigenvalue weighted by molar-refractivity contribution is 7.15. The average molecular weight is 436 g/mol. The van der Waals surface area contributed by atoms with Crippen molar-refractivity contribution >= 4 is 22.4 Å². The lowest BCUT2D eigenvalue weighted by Crippen LogP contribution is -2.23. The van der Waals surface area contributed by atoms with Gasteiger partial charge in [-0.3, -0.25) is 4.79 Å². The summed E-state index contributed by atoms with van der Waals surface area (Å²) in [6.45, 7) is 5.58. The van der Waals surface area contributed by atoms with E-state index >= 15 is 0 Å². The summed E-state index contributed by atoms with van der Waals surface area (Å²) in [7, 11) is 0. The summed E-state index contributed by atoms with van der Waals surface area (Å²) >= 11 is 1.33. The molecule has 2 heterocycles. The van der Waals surface area contributed by atoms with Gasteiger partial charge in [-0.15, -0.1) is 5.10 Å². The Hall–Kier alpha value is -3.19. The third kappa shape index (κ3) is 4.94. The van der Waals surface area contributed by atoms with Crippen LogP contribution in [0.3, 0.4) is 0 Å². The normalized spacial score (nSPS) is 11.9. The van der Waals surface area contributed by atoms with Crippen molar-refractivity contribution in [3.63, 3.8) is 0 Å². The minimum Gasteiger partial charge on any atom is -0.494 e. The first-order valence-corrected chi connectivity index (χ1v) is 11.4. The van der Waals surface area contributed by atoms with Gasteiger partial charge in [-0.2, -0.15) is 9.50 Å². The lowest BCUT2D eigenvalue weighted by Gasteiger charge is -2.05. The van der Waals surface area contributed by atoms with Crippen molar-refractivity contribution in [3.05, 3.63) is 69.0 Å². The molecule has 2 aromatic carbocycles. The average Bonchev–Trinajstić information content (AvgIpc) is 3.33. The molecule has 0 saturated carbocycles. The Labute approximate surface area is 184 Å². The summed E-state index contributed by atoms with van der Waals surface area (Å²) in [5.41, 5.74) is 1.59. The molecule has 31 heavy (non-hydrogen) atoms. The van der Waals surface area contributed by atoms with E-state index in [1.807, 2.05) is 54.6 Å². The van der Waals surface area contributed by atoms with Gasteiger partial charge in [0, 0.05) is 5.56 Å². The summed E-state index contributed by atoms with van der Waals surface area (Å²) in [6, 6.07) is 15.4. The van der Waals surface area contributed by atoms with Crippen molar-refractivity contribution in [1.29, 1.82) is 0 Å². The molecule has 0 fully saturated rings. The van der Waals surface area contributed by atoms with Gasteiger partial charge in [-0.25, -0.2) is 0 Å². The van der Waals surface area contributed by atoms with Crippen molar-refractivity contribution in [2.45, 2.75) is 33.1 Å². The van der Waals surface area contributed by atoms with Crippen LogP contribution in [-0.4, -0.2) is 27.8 Å². The molecule has 0 bridgehead atoms. The van der Waals surface area contributed by atoms with Gasteiger partial charge >= 0.3 is 0 Å². The van der Waals surface area contributed by atoms with Gasteiger partial charge in [0.1, 0.15) is 11.5 Å². The number of unbranched alkanes of at least 4 members (excludes halogenated alkanes) is 1. The Bertz CT molecular complexity index is 1260. The van der Waals surface area contributed by atoms with E-state index in [1.165, 1.54) is 15.9 Å². The lowest BCUT2D eigenvalue weighted by atomic mass is 10.2. The fourth-order valence-electron chi connectivity index (χ4n) is 3.06. The number of benzene rings is 2. The molecule has 7 heteroatoms. The zero-order valence-corrected chi connectivity index (χ0v) is 18.5. The van der Waals surface area contributed by atoms with Crippen molar-refractivity contribution in [1.82, 2.24) is 14.6 Å². The van der Waals surface area contributed by atoms with E-state index in [2.05, 4.69) is 23.9 Å². The van der Waals surface area contributed by atoms with E-state index in [0.29, 0.717) is 28.5 Å². The molecule has 160 valence electrons. The minimum absolute atomic E-state index is 0.168. The molecular formula is C24H25N3O3S. The number of aromatic nitrogens is 3. The van der Waals surface area contributed by atoms with Gasteiger partial charge in [0.25, 0.3) is 5.56 Å². The van der Waals surface area contributed by atoms with Crippen LogP contribution in [0.15, 0.2) is 53.3 Å². The number of rotatable bonds is 9. The second-order valence-corrected chi connectivity index (χ2v) is 8.20. The number of hydrogen-bond donors (Lipinski definition) is 0. The number of thiazole rings is 1. The second kappa shape index (κ2) is 9.75. The lowest BCUT2D eigenvalue weighted by molar-refractivity contribution is 0.309. The minimum atomic E-state index is -0.168. The van der Waals surface area contributed by atoms with E-state index in [9.17, 15) is 4.79 Å². The predicted molar refractivity (Wildman–Crippen MR) is 124 cm³/mol. The van der Waals surface area contributed by atoms with Gasteiger partial charge in [0.15, 0.2) is 5.82 Å². The first kappa shape index (κ1) is 21.1. The quantitative estimate of drug-likeness (QED) is 0.366. The highest BCUT2D eigenvalue weighted by atomic mass is 32.1. The van der Waals surface area contributed by atoms with Gasteiger partial charge in [0.05, 0.1) is 17.7 Å². The Morgan fingerprint density at radius 2 is 1.81 bits per heavy atom. The maximum atomic E-state index is 12.8. The first-order chi connectivity index (χ1) is 15.2. The van der Waals surface area contributed by atoms with E-state index in [1.54, 1.807) is 0 Å². The summed E-state index contributed by atoms with van der Waals surface area (Å²) in [5.74, 6) is 2.15. The number of hydrogen-bond acceptors (Lipinski definition) is 6. The molecule has 0 amide bonds. The fourth-order valence-corrected chi connectivity index (χ4v) is 3.96. The molecule has 0 N–H and O–H groups in total. The van der Waals surface area contributed by atoms with Crippen LogP contribution in [0.2, 0.25) is 0 Å².